The topological polar surface area (TPSA) is 124 Å². The van der Waals surface area contributed by atoms with Gasteiger partial charge in [-0.25, -0.2) is 0 Å². The Balaban J connectivity index is 2.15. The first-order valence-electron chi connectivity index (χ1n) is 7.83. The Morgan fingerprint density at radius 2 is 1.74 bits per heavy atom. The van der Waals surface area contributed by atoms with Crippen molar-refractivity contribution >= 4 is 29.9 Å². The van der Waals surface area contributed by atoms with Gasteiger partial charge in [0.05, 0.1) is 0 Å². The normalized spacial score (nSPS) is 9.85. The van der Waals surface area contributed by atoms with Crippen molar-refractivity contribution in [2.75, 3.05) is 5.32 Å². The Kier molecular flexibility index (Phi) is 6.59. The fourth-order valence-electron chi connectivity index (χ4n) is 2.08. The lowest BCUT2D eigenvalue weighted by Crippen LogP contribution is -2.15. The van der Waals surface area contributed by atoms with Gasteiger partial charge in [-0.15, -0.1) is 0 Å². The molecule has 2 aromatic rings. The number of esters is 2. The predicted octanol–water partition coefficient (Wildman–Crippen LogP) is 1.43. The van der Waals surface area contributed by atoms with Crippen molar-refractivity contribution in [2.24, 2.45) is 0 Å². The second-order valence-corrected chi connectivity index (χ2v) is 5.35. The molecule has 0 aliphatic rings. The maximum Gasteiger partial charge on any atom is 0.308 e. The number of rotatable bonds is 7. The maximum absolute atomic E-state index is 12.3. The lowest BCUT2D eigenvalue weighted by Gasteiger charge is -2.11. The minimum atomic E-state index is -0.604. The molecule has 9 heteroatoms. The average Bonchev–Trinajstić information content (AvgIpc) is 2.61. The molecule has 1 aromatic heterocycles. The average molecular weight is 371 g/mol. The van der Waals surface area contributed by atoms with Crippen LogP contribution in [-0.4, -0.2) is 29.2 Å². The summed E-state index contributed by atoms with van der Waals surface area (Å²) in [7, 11) is 0. The van der Waals surface area contributed by atoms with Crippen molar-refractivity contribution in [1.29, 1.82) is 0 Å². The van der Waals surface area contributed by atoms with Gasteiger partial charge in [-0.1, -0.05) is 6.07 Å². The minimum Gasteiger partial charge on any atom is -0.423 e. The van der Waals surface area contributed by atoms with Crippen LogP contribution >= 0.6 is 0 Å². The first-order chi connectivity index (χ1) is 12.9. The zero-order valence-corrected chi connectivity index (χ0v) is 14.6. The van der Waals surface area contributed by atoms with Crippen molar-refractivity contribution in [2.45, 2.75) is 20.4 Å². The number of anilines is 1. The third-order valence-corrected chi connectivity index (χ3v) is 3.16. The van der Waals surface area contributed by atoms with Gasteiger partial charge in [0.25, 0.3) is 5.91 Å². The zero-order chi connectivity index (χ0) is 19.8. The van der Waals surface area contributed by atoms with Crippen LogP contribution in [0.5, 0.6) is 11.5 Å². The van der Waals surface area contributed by atoms with Crippen molar-refractivity contribution in [3.8, 4) is 11.5 Å². The number of amides is 2. The second-order valence-electron chi connectivity index (χ2n) is 5.35. The van der Waals surface area contributed by atoms with Crippen LogP contribution in [0.3, 0.4) is 0 Å². The van der Waals surface area contributed by atoms with Crippen LogP contribution in [0.25, 0.3) is 0 Å². The second kappa shape index (κ2) is 9.09. The van der Waals surface area contributed by atoms with E-state index in [1.165, 1.54) is 44.3 Å². The van der Waals surface area contributed by atoms with Crippen molar-refractivity contribution in [1.82, 2.24) is 10.3 Å². The number of aromatic nitrogens is 1. The summed E-state index contributed by atoms with van der Waals surface area (Å²) >= 11 is 0. The molecule has 9 nitrogen and oxygen atoms in total. The molecule has 0 saturated carbocycles. The molecule has 0 fully saturated rings. The lowest BCUT2D eigenvalue weighted by atomic mass is 10.2. The highest BCUT2D eigenvalue weighted by Gasteiger charge is 2.14. The summed E-state index contributed by atoms with van der Waals surface area (Å²) in [5.41, 5.74) is 1.21. The SMILES string of the molecule is CC(=O)Oc1ccc(NC(=O)c2ccc(CNC=O)cn2)cc1OC(C)=O. The standard InChI is InChI=1S/C18H17N3O6/c1-11(23)26-16-6-4-14(7-17(16)27-12(2)24)21-18(25)15-5-3-13(9-20-15)8-19-10-22/h3-7,9-10H,8H2,1-2H3,(H,19,22)(H,21,25). The number of nitrogens with zero attached hydrogens (tertiary/aromatic N) is 1. The van der Waals surface area contributed by atoms with E-state index in [4.69, 9.17) is 9.47 Å². The van der Waals surface area contributed by atoms with Crippen molar-refractivity contribution in [3.63, 3.8) is 0 Å². The number of nitrogens with one attached hydrogen (secondary N) is 2. The summed E-state index contributed by atoms with van der Waals surface area (Å²) in [5, 5.41) is 5.11. The number of ether oxygens (including phenoxy) is 2. The molecule has 0 bridgehead atoms. The monoisotopic (exact) mass is 371 g/mol. The van der Waals surface area contributed by atoms with Gasteiger partial charge in [0, 0.05) is 38.3 Å². The number of benzene rings is 1. The summed E-state index contributed by atoms with van der Waals surface area (Å²) < 4.78 is 9.97. The lowest BCUT2D eigenvalue weighted by molar-refractivity contribution is -0.134. The molecule has 27 heavy (non-hydrogen) atoms. The van der Waals surface area contributed by atoms with Crippen molar-refractivity contribution in [3.05, 3.63) is 47.8 Å². The van der Waals surface area contributed by atoms with Crippen LogP contribution < -0.4 is 20.1 Å². The molecule has 0 aliphatic carbocycles. The smallest absolute Gasteiger partial charge is 0.308 e. The predicted molar refractivity (Wildman–Crippen MR) is 94.2 cm³/mol. The Morgan fingerprint density at radius 1 is 1.04 bits per heavy atom. The van der Waals surface area contributed by atoms with E-state index in [0.29, 0.717) is 18.6 Å². The molecule has 0 radical (unpaired) electrons. The van der Waals surface area contributed by atoms with Gasteiger partial charge >= 0.3 is 11.9 Å². The Bertz CT molecular complexity index is 864. The molecule has 2 N–H and O–H groups in total. The van der Waals surface area contributed by atoms with Crippen LogP contribution in [-0.2, 0) is 20.9 Å². The van der Waals surface area contributed by atoms with E-state index in [9.17, 15) is 19.2 Å². The van der Waals surface area contributed by atoms with E-state index in [2.05, 4.69) is 15.6 Å². The van der Waals surface area contributed by atoms with E-state index in [1.54, 1.807) is 6.07 Å². The highest BCUT2D eigenvalue weighted by atomic mass is 16.6. The van der Waals surface area contributed by atoms with E-state index in [-0.39, 0.29) is 17.2 Å². The molecule has 2 amide bonds. The number of carbonyl (C=O) groups excluding carboxylic acids is 4. The molecular formula is C18H17N3O6. The molecule has 140 valence electrons. The fraction of sp³-hybridized carbons (Fsp3) is 0.167. The number of carbonyl (C=O) groups is 4. The first-order valence-corrected chi connectivity index (χ1v) is 7.83. The molecule has 0 saturated heterocycles. The summed E-state index contributed by atoms with van der Waals surface area (Å²) in [4.78, 5) is 49.0. The van der Waals surface area contributed by atoms with Gasteiger partial charge in [-0.3, -0.25) is 24.2 Å². The van der Waals surface area contributed by atoms with Gasteiger partial charge in [0.1, 0.15) is 5.69 Å². The Labute approximate surface area is 154 Å². The third-order valence-electron chi connectivity index (χ3n) is 3.16. The first kappa shape index (κ1) is 19.6. The van der Waals surface area contributed by atoms with E-state index >= 15 is 0 Å². The van der Waals surface area contributed by atoms with Crippen LogP contribution in [0.15, 0.2) is 36.5 Å². The van der Waals surface area contributed by atoms with Crippen LogP contribution in [0.1, 0.15) is 29.9 Å². The zero-order valence-electron chi connectivity index (χ0n) is 14.6. The summed E-state index contributed by atoms with van der Waals surface area (Å²) in [6.45, 7) is 2.72. The van der Waals surface area contributed by atoms with E-state index in [1.807, 2.05) is 0 Å². The maximum atomic E-state index is 12.3. The molecule has 0 unspecified atom stereocenters. The highest BCUT2D eigenvalue weighted by Crippen LogP contribution is 2.31. The third kappa shape index (κ3) is 5.92. The summed E-state index contributed by atoms with van der Waals surface area (Å²) in [6.07, 6.45) is 2.04. The number of hydrogen-bond acceptors (Lipinski definition) is 7. The Morgan fingerprint density at radius 3 is 2.33 bits per heavy atom. The molecule has 1 heterocycles. The number of pyridine rings is 1. The van der Waals surface area contributed by atoms with Gasteiger partial charge in [-0.05, 0) is 23.8 Å². The van der Waals surface area contributed by atoms with E-state index in [0.717, 1.165) is 5.56 Å². The number of hydrogen-bond donors (Lipinski definition) is 2. The molecular weight excluding hydrogens is 354 g/mol. The van der Waals surface area contributed by atoms with Gasteiger partial charge in [0.2, 0.25) is 6.41 Å². The fourth-order valence-corrected chi connectivity index (χ4v) is 2.08. The van der Waals surface area contributed by atoms with Gasteiger partial charge < -0.3 is 20.1 Å². The highest BCUT2D eigenvalue weighted by molar-refractivity contribution is 6.03. The van der Waals surface area contributed by atoms with Gasteiger partial charge in [-0.2, -0.15) is 0 Å². The molecule has 2 rings (SSSR count). The molecule has 0 spiro atoms. The van der Waals surface area contributed by atoms with E-state index < -0.39 is 17.8 Å². The molecule has 0 atom stereocenters. The van der Waals surface area contributed by atoms with Crippen LogP contribution in [0.2, 0.25) is 0 Å². The molecule has 1 aromatic carbocycles. The summed E-state index contributed by atoms with van der Waals surface area (Å²) in [5.74, 6) is -1.61. The quantitative estimate of drug-likeness (QED) is 0.429. The van der Waals surface area contributed by atoms with Crippen molar-refractivity contribution < 1.29 is 28.7 Å². The summed E-state index contributed by atoms with van der Waals surface area (Å²) in [6, 6.07) is 7.42. The Hall–Kier alpha value is -3.75. The van der Waals surface area contributed by atoms with Crippen LogP contribution in [0, 0.1) is 0 Å². The van der Waals surface area contributed by atoms with Gasteiger partial charge in [0.15, 0.2) is 11.5 Å². The minimum absolute atomic E-state index is 0.00116. The molecule has 0 aliphatic heterocycles. The van der Waals surface area contributed by atoms with Crippen LogP contribution in [0.4, 0.5) is 5.69 Å². The largest absolute Gasteiger partial charge is 0.423 e.